The largest absolute Gasteiger partial charge is 0.374 e. The van der Waals surface area contributed by atoms with Crippen molar-refractivity contribution in [3.8, 4) is 0 Å². The summed E-state index contributed by atoms with van der Waals surface area (Å²) >= 11 is 0. The Balaban J connectivity index is 1.64. The molecule has 0 aromatic heterocycles. The minimum absolute atomic E-state index is 0.106. The zero-order valence-corrected chi connectivity index (χ0v) is 13.0. The highest BCUT2D eigenvalue weighted by atomic mass is 19.2. The number of rotatable bonds is 3. The summed E-state index contributed by atoms with van der Waals surface area (Å²) in [5.74, 6) is -3.58. The van der Waals surface area contributed by atoms with Gasteiger partial charge in [0.25, 0.3) is 0 Å². The van der Waals surface area contributed by atoms with E-state index in [1.54, 1.807) is 0 Å². The first-order valence-corrected chi connectivity index (χ1v) is 8.24. The Bertz CT molecular complexity index is 591. The molecule has 23 heavy (non-hydrogen) atoms. The molecule has 2 aliphatic rings. The van der Waals surface area contributed by atoms with Gasteiger partial charge in [0.05, 0.1) is 12.2 Å². The molecule has 2 atom stereocenters. The van der Waals surface area contributed by atoms with Gasteiger partial charge < -0.3 is 10.2 Å². The SMILES string of the molecule is O=C(CNc1ccc(F)c(F)c1F)N1CCCC2CCCCC21. The topological polar surface area (TPSA) is 32.3 Å². The van der Waals surface area contributed by atoms with E-state index in [1.165, 1.54) is 19.3 Å². The average molecular weight is 326 g/mol. The van der Waals surface area contributed by atoms with Crippen LogP contribution in [0.1, 0.15) is 38.5 Å². The van der Waals surface area contributed by atoms with Gasteiger partial charge in [-0.3, -0.25) is 4.79 Å². The fourth-order valence-corrected chi connectivity index (χ4v) is 3.87. The third-order valence-corrected chi connectivity index (χ3v) is 5.03. The van der Waals surface area contributed by atoms with E-state index in [0.717, 1.165) is 37.9 Å². The summed E-state index contributed by atoms with van der Waals surface area (Å²) in [6, 6.07) is 2.24. The van der Waals surface area contributed by atoms with Crippen molar-refractivity contribution < 1.29 is 18.0 Å². The molecule has 1 aromatic carbocycles. The Morgan fingerprint density at radius 2 is 1.83 bits per heavy atom. The monoisotopic (exact) mass is 326 g/mol. The molecule has 0 bridgehead atoms. The molecule has 1 aliphatic carbocycles. The van der Waals surface area contributed by atoms with Gasteiger partial charge in [-0.1, -0.05) is 12.8 Å². The van der Waals surface area contributed by atoms with E-state index in [0.29, 0.717) is 5.92 Å². The van der Waals surface area contributed by atoms with Crippen molar-refractivity contribution in [3.63, 3.8) is 0 Å². The predicted octanol–water partition coefficient (Wildman–Crippen LogP) is 3.70. The van der Waals surface area contributed by atoms with Crippen LogP contribution in [0.3, 0.4) is 0 Å². The first-order chi connectivity index (χ1) is 11.1. The second-order valence-corrected chi connectivity index (χ2v) is 6.42. The van der Waals surface area contributed by atoms with Crippen LogP contribution in [0.15, 0.2) is 12.1 Å². The molecule has 126 valence electrons. The van der Waals surface area contributed by atoms with Gasteiger partial charge in [-0.25, -0.2) is 13.2 Å². The molecule has 1 N–H and O–H groups in total. The summed E-state index contributed by atoms with van der Waals surface area (Å²) in [5, 5.41) is 2.60. The van der Waals surface area contributed by atoms with Crippen molar-refractivity contribution in [1.29, 1.82) is 0 Å². The first-order valence-electron chi connectivity index (χ1n) is 8.24. The van der Waals surface area contributed by atoms with E-state index < -0.39 is 17.5 Å². The van der Waals surface area contributed by atoms with Crippen LogP contribution in [0.4, 0.5) is 18.9 Å². The lowest BCUT2D eigenvalue weighted by Gasteiger charge is -2.44. The number of carbonyl (C=O) groups is 1. The number of hydrogen-bond acceptors (Lipinski definition) is 2. The molecule has 3 rings (SSSR count). The zero-order valence-electron chi connectivity index (χ0n) is 13.0. The van der Waals surface area contributed by atoms with Gasteiger partial charge in [-0.2, -0.15) is 0 Å². The Kier molecular flexibility index (Phi) is 4.78. The van der Waals surface area contributed by atoms with E-state index in [-0.39, 0.29) is 24.2 Å². The predicted molar refractivity (Wildman–Crippen MR) is 81.5 cm³/mol. The molecule has 2 unspecified atom stereocenters. The molecular weight excluding hydrogens is 305 g/mol. The Morgan fingerprint density at radius 3 is 2.65 bits per heavy atom. The Labute approximate surface area is 133 Å². The second kappa shape index (κ2) is 6.81. The first kappa shape index (κ1) is 16.1. The summed E-state index contributed by atoms with van der Waals surface area (Å²) in [6.45, 7) is 0.618. The molecule has 1 saturated heterocycles. The lowest BCUT2D eigenvalue weighted by molar-refractivity contribution is -0.135. The fourth-order valence-electron chi connectivity index (χ4n) is 3.87. The Morgan fingerprint density at radius 1 is 1.09 bits per heavy atom. The maximum absolute atomic E-state index is 13.6. The lowest BCUT2D eigenvalue weighted by atomic mass is 9.78. The number of likely N-dealkylation sites (tertiary alicyclic amines) is 1. The normalized spacial score (nSPS) is 24.2. The van der Waals surface area contributed by atoms with E-state index in [4.69, 9.17) is 0 Å². The van der Waals surface area contributed by atoms with Gasteiger partial charge in [0.2, 0.25) is 5.91 Å². The number of amides is 1. The third-order valence-electron chi connectivity index (χ3n) is 5.03. The van der Waals surface area contributed by atoms with Crippen LogP contribution in [-0.2, 0) is 4.79 Å². The molecule has 3 nitrogen and oxygen atoms in total. The van der Waals surface area contributed by atoms with Crippen LogP contribution in [0.2, 0.25) is 0 Å². The summed E-state index contributed by atoms with van der Waals surface area (Å²) in [5.41, 5.74) is -0.186. The quantitative estimate of drug-likeness (QED) is 0.859. The Hall–Kier alpha value is -1.72. The van der Waals surface area contributed by atoms with Crippen LogP contribution < -0.4 is 5.32 Å². The molecule has 0 spiro atoms. The number of nitrogens with one attached hydrogen (secondary N) is 1. The second-order valence-electron chi connectivity index (χ2n) is 6.42. The van der Waals surface area contributed by atoms with Crippen LogP contribution in [0.25, 0.3) is 0 Å². The minimum atomic E-state index is -1.52. The van der Waals surface area contributed by atoms with Crippen molar-refractivity contribution in [2.24, 2.45) is 5.92 Å². The molecule has 0 radical (unpaired) electrons. The fraction of sp³-hybridized carbons (Fsp3) is 0.588. The lowest BCUT2D eigenvalue weighted by Crippen LogP contribution is -2.51. The highest BCUT2D eigenvalue weighted by molar-refractivity contribution is 5.81. The van der Waals surface area contributed by atoms with E-state index in [2.05, 4.69) is 5.32 Å². The molecule has 1 saturated carbocycles. The molecule has 6 heteroatoms. The molecule has 2 fully saturated rings. The number of anilines is 1. The minimum Gasteiger partial charge on any atom is -0.374 e. The number of carbonyl (C=O) groups excluding carboxylic acids is 1. The highest BCUT2D eigenvalue weighted by Crippen LogP contribution is 2.35. The standard InChI is InChI=1S/C17H21F3N2O/c18-12-7-8-13(17(20)16(12)19)21-10-15(23)22-9-3-5-11-4-1-2-6-14(11)22/h7-8,11,14,21H,1-6,9-10H2. The van der Waals surface area contributed by atoms with Gasteiger partial charge in [0.15, 0.2) is 17.5 Å². The smallest absolute Gasteiger partial charge is 0.242 e. The van der Waals surface area contributed by atoms with Crippen molar-refractivity contribution in [1.82, 2.24) is 4.90 Å². The van der Waals surface area contributed by atoms with Crippen molar-refractivity contribution >= 4 is 11.6 Å². The molecule has 1 aliphatic heterocycles. The van der Waals surface area contributed by atoms with Gasteiger partial charge in [-0.15, -0.1) is 0 Å². The number of benzene rings is 1. The third kappa shape index (κ3) is 3.31. The molecule has 1 aromatic rings. The van der Waals surface area contributed by atoms with Crippen LogP contribution in [0.5, 0.6) is 0 Å². The van der Waals surface area contributed by atoms with E-state index in [1.807, 2.05) is 4.90 Å². The van der Waals surface area contributed by atoms with Gasteiger partial charge >= 0.3 is 0 Å². The van der Waals surface area contributed by atoms with Crippen LogP contribution in [-0.4, -0.2) is 29.9 Å². The highest BCUT2D eigenvalue weighted by Gasteiger charge is 2.35. The van der Waals surface area contributed by atoms with Crippen molar-refractivity contribution in [2.45, 2.75) is 44.6 Å². The summed E-state index contributed by atoms with van der Waals surface area (Å²) < 4.78 is 39.7. The van der Waals surface area contributed by atoms with Crippen molar-refractivity contribution in [2.75, 3.05) is 18.4 Å². The summed E-state index contributed by atoms with van der Waals surface area (Å²) in [4.78, 5) is 14.3. The number of halogens is 3. The van der Waals surface area contributed by atoms with Crippen molar-refractivity contribution in [3.05, 3.63) is 29.6 Å². The van der Waals surface area contributed by atoms with Crippen LogP contribution in [0, 0.1) is 23.4 Å². The number of piperidine rings is 1. The van der Waals surface area contributed by atoms with E-state index >= 15 is 0 Å². The maximum atomic E-state index is 13.6. The number of fused-ring (bicyclic) bond motifs is 1. The van der Waals surface area contributed by atoms with Gasteiger partial charge in [0, 0.05) is 12.6 Å². The summed E-state index contributed by atoms with van der Waals surface area (Å²) in [7, 11) is 0. The maximum Gasteiger partial charge on any atom is 0.242 e. The molecular formula is C17H21F3N2O. The molecule has 1 heterocycles. The van der Waals surface area contributed by atoms with E-state index in [9.17, 15) is 18.0 Å². The number of nitrogens with zero attached hydrogens (tertiary/aromatic N) is 1. The molecule has 1 amide bonds. The van der Waals surface area contributed by atoms with Gasteiger partial charge in [-0.05, 0) is 43.7 Å². The van der Waals surface area contributed by atoms with Gasteiger partial charge in [0.1, 0.15) is 0 Å². The van der Waals surface area contributed by atoms with Crippen LogP contribution >= 0.6 is 0 Å². The summed E-state index contributed by atoms with van der Waals surface area (Å²) in [6.07, 6.45) is 6.71. The zero-order chi connectivity index (χ0) is 16.4. The number of hydrogen-bond donors (Lipinski definition) is 1. The average Bonchev–Trinajstić information content (AvgIpc) is 2.58.